The Labute approximate surface area is 327 Å². The first-order chi connectivity index (χ1) is 27.8. The molecule has 0 spiro atoms. The highest BCUT2D eigenvalue weighted by Gasteiger charge is 2.21. The summed E-state index contributed by atoms with van der Waals surface area (Å²) in [6, 6.07) is 68.4. The number of aromatic nitrogens is 4. The molecule has 3 heterocycles. The van der Waals surface area contributed by atoms with Gasteiger partial charge in [-0.2, -0.15) is 0 Å². The molecule has 0 atom stereocenters. The van der Waals surface area contributed by atoms with Crippen molar-refractivity contribution in [3.63, 3.8) is 0 Å². The number of hydrogen-bond acceptors (Lipinski definition) is 4. The number of thiophene rings is 1. The van der Waals surface area contributed by atoms with E-state index in [1.807, 2.05) is 23.5 Å². The van der Waals surface area contributed by atoms with Crippen LogP contribution in [0.25, 0.3) is 104 Å². The van der Waals surface area contributed by atoms with Crippen molar-refractivity contribution in [3.05, 3.63) is 194 Å². The van der Waals surface area contributed by atoms with Crippen LogP contribution in [-0.4, -0.2) is 19.5 Å². The van der Waals surface area contributed by atoms with Crippen molar-refractivity contribution in [1.82, 2.24) is 19.5 Å². The number of fused-ring (bicyclic) bond motifs is 7. The Kier molecular flexibility index (Phi) is 7.64. The molecule has 0 saturated heterocycles. The largest absolute Gasteiger partial charge is 0.309 e. The van der Waals surface area contributed by atoms with Gasteiger partial charge in [-0.1, -0.05) is 152 Å². The zero-order valence-corrected chi connectivity index (χ0v) is 31.0. The fourth-order valence-corrected chi connectivity index (χ4v) is 9.40. The van der Waals surface area contributed by atoms with Gasteiger partial charge in [0.05, 0.1) is 11.0 Å². The Bertz CT molecular complexity index is 3140. The Hall–Kier alpha value is -7.21. The standard InChI is InChI=1S/C51H32N4S/c1-4-15-33(16-5-1)35-19-12-21-37(31-35)49-52-50(38-22-13-20-36(32-38)34-17-6-2-7-18-34)54-51(53-49)43-27-14-26-40-41-29-30-45-46(48(41)56-47(40)43)42-25-10-11-28-44(42)55(45)39-23-8-3-9-24-39/h1-32H. The normalized spacial score (nSPS) is 11.6. The van der Waals surface area contributed by atoms with Crippen molar-refractivity contribution in [2.24, 2.45) is 0 Å². The van der Waals surface area contributed by atoms with Gasteiger partial charge in [0.25, 0.3) is 0 Å². The minimum Gasteiger partial charge on any atom is -0.309 e. The van der Waals surface area contributed by atoms with Gasteiger partial charge in [0.2, 0.25) is 0 Å². The maximum absolute atomic E-state index is 5.27. The highest BCUT2D eigenvalue weighted by atomic mass is 32.1. The molecule has 3 aromatic heterocycles. The summed E-state index contributed by atoms with van der Waals surface area (Å²) in [6.45, 7) is 0. The molecule has 262 valence electrons. The first-order valence-corrected chi connectivity index (χ1v) is 19.6. The highest BCUT2D eigenvalue weighted by Crippen LogP contribution is 2.46. The molecule has 0 aliphatic carbocycles. The van der Waals surface area contributed by atoms with E-state index in [2.05, 4.69) is 187 Å². The van der Waals surface area contributed by atoms with Crippen LogP contribution in [-0.2, 0) is 0 Å². The molecule has 5 heteroatoms. The van der Waals surface area contributed by atoms with E-state index in [9.17, 15) is 0 Å². The average molecular weight is 733 g/mol. The molecule has 4 nitrogen and oxygen atoms in total. The molecular formula is C51H32N4S. The smallest absolute Gasteiger partial charge is 0.165 e. The molecule has 0 aliphatic rings. The summed E-state index contributed by atoms with van der Waals surface area (Å²) < 4.78 is 4.80. The summed E-state index contributed by atoms with van der Waals surface area (Å²) in [6.07, 6.45) is 0. The van der Waals surface area contributed by atoms with Gasteiger partial charge in [-0.25, -0.2) is 15.0 Å². The second-order valence-electron chi connectivity index (χ2n) is 14.0. The SMILES string of the molecule is c1ccc(-c2cccc(-c3nc(-c4cccc(-c5ccccc5)c4)nc(-c4cccc5c4sc4c5ccc5c4c4ccccc4n5-c4ccccc4)n3)c2)cc1. The molecule has 11 aromatic rings. The van der Waals surface area contributed by atoms with E-state index >= 15 is 0 Å². The van der Waals surface area contributed by atoms with Gasteiger partial charge in [-0.15, -0.1) is 11.3 Å². The Morgan fingerprint density at radius 2 is 0.839 bits per heavy atom. The van der Waals surface area contributed by atoms with E-state index < -0.39 is 0 Å². The van der Waals surface area contributed by atoms with Crippen LogP contribution in [0.2, 0.25) is 0 Å². The van der Waals surface area contributed by atoms with Gasteiger partial charge in [-0.05, 0) is 64.7 Å². The fraction of sp³-hybridized carbons (Fsp3) is 0. The van der Waals surface area contributed by atoms with Crippen LogP contribution >= 0.6 is 11.3 Å². The van der Waals surface area contributed by atoms with E-state index in [1.54, 1.807) is 0 Å². The number of benzene rings is 8. The van der Waals surface area contributed by atoms with Crippen molar-refractivity contribution < 1.29 is 0 Å². The molecule has 0 aliphatic heterocycles. The quantitative estimate of drug-likeness (QED) is 0.171. The van der Waals surface area contributed by atoms with E-state index in [-0.39, 0.29) is 0 Å². The lowest BCUT2D eigenvalue weighted by atomic mass is 10.0. The highest BCUT2D eigenvalue weighted by molar-refractivity contribution is 7.27. The lowest BCUT2D eigenvalue weighted by Crippen LogP contribution is -2.00. The molecule has 0 N–H and O–H groups in total. The van der Waals surface area contributed by atoms with Crippen LogP contribution in [0.3, 0.4) is 0 Å². The maximum atomic E-state index is 5.27. The van der Waals surface area contributed by atoms with Crippen LogP contribution in [0.5, 0.6) is 0 Å². The molecular weight excluding hydrogens is 701 g/mol. The van der Waals surface area contributed by atoms with Crippen molar-refractivity contribution in [3.8, 4) is 62.1 Å². The molecule has 0 fully saturated rings. The van der Waals surface area contributed by atoms with E-state index in [0.29, 0.717) is 17.5 Å². The van der Waals surface area contributed by atoms with Gasteiger partial charge in [0, 0.05) is 53.3 Å². The zero-order chi connectivity index (χ0) is 37.0. The van der Waals surface area contributed by atoms with Crippen molar-refractivity contribution in [2.75, 3.05) is 0 Å². The topological polar surface area (TPSA) is 43.6 Å². The van der Waals surface area contributed by atoms with Crippen LogP contribution in [0.1, 0.15) is 0 Å². The summed E-state index contributed by atoms with van der Waals surface area (Å²) in [5.41, 5.74) is 10.9. The van der Waals surface area contributed by atoms with Gasteiger partial charge in [-0.3, -0.25) is 0 Å². The Morgan fingerprint density at radius 3 is 1.50 bits per heavy atom. The summed E-state index contributed by atoms with van der Waals surface area (Å²) in [4.78, 5) is 15.7. The van der Waals surface area contributed by atoms with Gasteiger partial charge in [0.15, 0.2) is 17.5 Å². The molecule has 0 bridgehead atoms. The fourth-order valence-electron chi connectivity index (χ4n) is 8.03. The van der Waals surface area contributed by atoms with Crippen molar-refractivity contribution >= 4 is 53.3 Å². The second kappa shape index (κ2) is 13.3. The first kappa shape index (κ1) is 32.2. The Balaban J connectivity index is 1.14. The minimum absolute atomic E-state index is 0.638. The van der Waals surface area contributed by atoms with Gasteiger partial charge < -0.3 is 4.57 Å². The van der Waals surface area contributed by atoms with E-state index in [4.69, 9.17) is 15.0 Å². The predicted molar refractivity (Wildman–Crippen MR) is 234 cm³/mol. The minimum atomic E-state index is 0.638. The summed E-state index contributed by atoms with van der Waals surface area (Å²) in [5, 5.41) is 4.94. The maximum Gasteiger partial charge on any atom is 0.165 e. The monoisotopic (exact) mass is 732 g/mol. The number of rotatable bonds is 6. The van der Waals surface area contributed by atoms with Crippen LogP contribution in [0.15, 0.2) is 194 Å². The van der Waals surface area contributed by atoms with Crippen molar-refractivity contribution in [1.29, 1.82) is 0 Å². The molecule has 0 saturated carbocycles. The molecule has 0 amide bonds. The number of para-hydroxylation sites is 2. The molecule has 0 radical (unpaired) electrons. The molecule has 0 unspecified atom stereocenters. The van der Waals surface area contributed by atoms with E-state index in [0.717, 1.165) is 49.3 Å². The van der Waals surface area contributed by atoms with Gasteiger partial charge >= 0.3 is 0 Å². The predicted octanol–water partition coefficient (Wildman–Crippen LogP) is 13.7. The average Bonchev–Trinajstić information content (AvgIpc) is 3.83. The summed E-state index contributed by atoms with van der Waals surface area (Å²) in [5.74, 6) is 1.93. The number of hydrogen-bond donors (Lipinski definition) is 0. The lowest BCUT2D eigenvalue weighted by Gasteiger charge is -2.11. The second-order valence-corrected chi connectivity index (χ2v) is 15.0. The summed E-state index contributed by atoms with van der Waals surface area (Å²) in [7, 11) is 0. The third-order valence-corrected chi connectivity index (χ3v) is 11.9. The van der Waals surface area contributed by atoms with Crippen LogP contribution in [0.4, 0.5) is 0 Å². The molecule has 8 aromatic carbocycles. The number of nitrogens with zero attached hydrogens (tertiary/aromatic N) is 4. The zero-order valence-electron chi connectivity index (χ0n) is 30.2. The van der Waals surface area contributed by atoms with Gasteiger partial charge in [0.1, 0.15) is 0 Å². The molecule has 56 heavy (non-hydrogen) atoms. The van der Waals surface area contributed by atoms with E-state index in [1.165, 1.54) is 37.3 Å². The van der Waals surface area contributed by atoms with Crippen molar-refractivity contribution in [2.45, 2.75) is 0 Å². The lowest BCUT2D eigenvalue weighted by molar-refractivity contribution is 1.08. The first-order valence-electron chi connectivity index (χ1n) is 18.8. The third-order valence-electron chi connectivity index (χ3n) is 10.6. The van der Waals surface area contributed by atoms with Crippen LogP contribution < -0.4 is 0 Å². The Morgan fingerprint density at radius 1 is 0.339 bits per heavy atom. The van der Waals surface area contributed by atoms with Crippen LogP contribution in [0, 0.1) is 0 Å². The third kappa shape index (κ3) is 5.40. The molecule has 11 rings (SSSR count). The summed E-state index contributed by atoms with van der Waals surface area (Å²) >= 11 is 1.83.